The number of para-hydroxylation sites is 1. The second-order valence-corrected chi connectivity index (χ2v) is 5.90. The Bertz CT molecular complexity index is 912. The molecule has 152 valence electrons. The summed E-state index contributed by atoms with van der Waals surface area (Å²) in [6.45, 7) is 2.25. The zero-order valence-electron chi connectivity index (χ0n) is 16.0. The fourth-order valence-corrected chi connectivity index (χ4v) is 2.59. The molecule has 0 heterocycles. The molecule has 0 unspecified atom stereocenters. The molecule has 0 aliphatic carbocycles. The molecule has 0 fully saturated rings. The molecule has 29 heavy (non-hydrogen) atoms. The van der Waals surface area contributed by atoms with Crippen LogP contribution in [0.25, 0.3) is 0 Å². The summed E-state index contributed by atoms with van der Waals surface area (Å²) in [5, 5.41) is 11.0. The minimum absolute atomic E-state index is 0.0105. The number of anilines is 1. The van der Waals surface area contributed by atoms with Crippen molar-refractivity contribution in [2.24, 2.45) is 0 Å². The van der Waals surface area contributed by atoms with E-state index in [2.05, 4.69) is 0 Å². The first-order valence-electron chi connectivity index (χ1n) is 8.77. The van der Waals surface area contributed by atoms with E-state index in [1.807, 2.05) is 0 Å². The molecule has 0 saturated heterocycles. The van der Waals surface area contributed by atoms with E-state index in [4.69, 9.17) is 9.47 Å². The Morgan fingerprint density at radius 2 is 1.72 bits per heavy atom. The second kappa shape index (κ2) is 9.98. The molecule has 0 aromatic heterocycles. The molecular formula is C20H20N2O7. The van der Waals surface area contributed by atoms with E-state index >= 15 is 0 Å². The molecule has 9 heteroatoms. The van der Waals surface area contributed by atoms with Gasteiger partial charge in [0.2, 0.25) is 0 Å². The highest BCUT2D eigenvalue weighted by Gasteiger charge is 2.23. The third-order valence-electron chi connectivity index (χ3n) is 4.01. The predicted molar refractivity (Wildman–Crippen MR) is 104 cm³/mol. The Labute approximate surface area is 167 Å². The molecule has 0 spiro atoms. The lowest BCUT2D eigenvalue weighted by molar-refractivity contribution is -0.385. The van der Waals surface area contributed by atoms with E-state index < -0.39 is 29.4 Å². The zero-order valence-corrected chi connectivity index (χ0v) is 16.0. The van der Waals surface area contributed by atoms with Gasteiger partial charge in [-0.3, -0.25) is 24.6 Å². The Balaban J connectivity index is 2.13. The van der Waals surface area contributed by atoms with Crippen LogP contribution in [-0.4, -0.2) is 42.5 Å². The lowest BCUT2D eigenvalue weighted by Gasteiger charge is -2.21. The van der Waals surface area contributed by atoms with Gasteiger partial charge in [-0.15, -0.1) is 0 Å². The molecule has 0 aliphatic heterocycles. The second-order valence-electron chi connectivity index (χ2n) is 5.90. The predicted octanol–water partition coefficient (Wildman–Crippen LogP) is 2.66. The lowest BCUT2D eigenvalue weighted by Crippen LogP contribution is -2.39. The monoisotopic (exact) mass is 400 g/mol. The molecule has 0 atom stereocenters. The number of benzene rings is 2. The van der Waals surface area contributed by atoms with Gasteiger partial charge in [0, 0.05) is 17.3 Å². The van der Waals surface area contributed by atoms with E-state index in [1.54, 1.807) is 37.3 Å². The summed E-state index contributed by atoms with van der Waals surface area (Å²) in [7, 11) is 0. The van der Waals surface area contributed by atoms with Crippen molar-refractivity contribution < 1.29 is 28.8 Å². The molecule has 0 aliphatic rings. The van der Waals surface area contributed by atoms with Crippen LogP contribution in [-0.2, 0) is 19.1 Å². The van der Waals surface area contributed by atoms with Gasteiger partial charge in [0.25, 0.3) is 11.6 Å². The molecular weight excluding hydrogens is 380 g/mol. The summed E-state index contributed by atoms with van der Waals surface area (Å²) in [6.07, 6.45) is 0. The standard InChI is InChI=1S/C20H20N2O7/c1-3-28-19(24)12-21(15-8-5-4-6-9-15)18(23)13-29-20(25)16-10-7-11-17(14(16)2)22(26)27/h4-11H,3,12-13H2,1-2H3. The Hall–Kier alpha value is -3.75. The minimum atomic E-state index is -0.872. The number of nitro groups is 1. The van der Waals surface area contributed by atoms with E-state index in [0.29, 0.717) is 5.69 Å². The van der Waals surface area contributed by atoms with Gasteiger partial charge in [0.05, 0.1) is 17.1 Å². The van der Waals surface area contributed by atoms with E-state index in [9.17, 15) is 24.5 Å². The third-order valence-corrected chi connectivity index (χ3v) is 4.01. The van der Waals surface area contributed by atoms with Crippen LogP contribution in [0, 0.1) is 17.0 Å². The van der Waals surface area contributed by atoms with Crippen LogP contribution in [0.3, 0.4) is 0 Å². The van der Waals surface area contributed by atoms with Crippen molar-refractivity contribution in [1.29, 1.82) is 0 Å². The smallest absolute Gasteiger partial charge is 0.339 e. The van der Waals surface area contributed by atoms with Gasteiger partial charge in [-0.05, 0) is 32.0 Å². The maximum Gasteiger partial charge on any atom is 0.339 e. The molecule has 9 nitrogen and oxygen atoms in total. The van der Waals surface area contributed by atoms with Crippen LogP contribution < -0.4 is 4.90 Å². The van der Waals surface area contributed by atoms with Gasteiger partial charge in [-0.25, -0.2) is 4.79 Å². The molecule has 2 rings (SSSR count). The highest BCUT2D eigenvalue weighted by atomic mass is 16.6. The highest BCUT2D eigenvalue weighted by Crippen LogP contribution is 2.22. The Morgan fingerprint density at radius 3 is 2.34 bits per heavy atom. The van der Waals surface area contributed by atoms with Crippen molar-refractivity contribution in [3.63, 3.8) is 0 Å². The molecule has 0 bridgehead atoms. The normalized spacial score (nSPS) is 10.1. The molecule has 2 aromatic rings. The SMILES string of the molecule is CCOC(=O)CN(C(=O)COC(=O)c1cccc([N+](=O)[O-])c1C)c1ccccc1. The average molecular weight is 400 g/mol. The molecule has 0 saturated carbocycles. The van der Waals surface area contributed by atoms with Gasteiger partial charge in [-0.1, -0.05) is 24.3 Å². The molecule has 0 radical (unpaired) electrons. The van der Waals surface area contributed by atoms with Gasteiger partial charge in [0.1, 0.15) is 6.54 Å². The summed E-state index contributed by atoms with van der Waals surface area (Å²) in [6, 6.07) is 12.4. The Kier molecular flexibility index (Phi) is 7.41. The van der Waals surface area contributed by atoms with Crippen molar-refractivity contribution >= 4 is 29.2 Å². The maximum atomic E-state index is 12.6. The number of esters is 2. The number of carbonyl (C=O) groups is 3. The zero-order chi connectivity index (χ0) is 21.4. The van der Waals surface area contributed by atoms with Gasteiger partial charge < -0.3 is 9.47 Å². The number of rotatable bonds is 8. The van der Waals surface area contributed by atoms with Crippen LogP contribution in [0.4, 0.5) is 11.4 Å². The van der Waals surface area contributed by atoms with E-state index in [-0.39, 0.29) is 30.0 Å². The fourth-order valence-electron chi connectivity index (χ4n) is 2.59. The van der Waals surface area contributed by atoms with Crippen LogP contribution in [0.15, 0.2) is 48.5 Å². The summed E-state index contributed by atoms with van der Waals surface area (Å²) in [4.78, 5) is 48.3. The summed E-state index contributed by atoms with van der Waals surface area (Å²) in [5.74, 6) is -2.12. The number of nitro benzene ring substituents is 1. The van der Waals surface area contributed by atoms with Crippen molar-refractivity contribution in [2.75, 3.05) is 24.7 Å². The van der Waals surface area contributed by atoms with Gasteiger partial charge >= 0.3 is 11.9 Å². The Morgan fingerprint density at radius 1 is 1.03 bits per heavy atom. The summed E-state index contributed by atoms with van der Waals surface area (Å²) in [5.41, 5.74) is 0.345. The number of hydrogen-bond acceptors (Lipinski definition) is 7. The maximum absolute atomic E-state index is 12.6. The lowest BCUT2D eigenvalue weighted by atomic mass is 10.1. The molecule has 0 N–H and O–H groups in total. The van der Waals surface area contributed by atoms with Crippen molar-refractivity contribution in [2.45, 2.75) is 13.8 Å². The van der Waals surface area contributed by atoms with Crippen LogP contribution >= 0.6 is 0 Å². The van der Waals surface area contributed by atoms with Crippen molar-refractivity contribution in [3.8, 4) is 0 Å². The number of amides is 1. The highest BCUT2D eigenvalue weighted by molar-refractivity contribution is 6.00. The van der Waals surface area contributed by atoms with Crippen molar-refractivity contribution in [3.05, 3.63) is 69.8 Å². The van der Waals surface area contributed by atoms with Crippen LogP contribution in [0.2, 0.25) is 0 Å². The van der Waals surface area contributed by atoms with Gasteiger partial charge in [-0.2, -0.15) is 0 Å². The van der Waals surface area contributed by atoms with E-state index in [1.165, 1.54) is 25.1 Å². The largest absolute Gasteiger partial charge is 0.465 e. The third kappa shape index (κ3) is 5.61. The number of ether oxygens (including phenoxy) is 2. The fraction of sp³-hybridized carbons (Fsp3) is 0.250. The molecule has 1 amide bonds. The number of nitrogens with zero attached hydrogens (tertiary/aromatic N) is 2. The van der Waals surface area contributed by atoms with Crippen molar-refractivity contribution in [1.82, 2.24) is 0 Å². The summed E-state index contributed by atoms with van der Waals surface area (Å²) < 4.78 is 9.93. The average Bonchev–Trinajstić information content (AvgIpc) is 2.70. The van der Waals surface area contributed by atoms with Crippen LogP contribution in [0.5, 0.6) is 0 Å². The molecule has 2 aromatic carbocycles. The number of carbonyl (C=O) groups excluding carboxylic acids is 3. The van der Waals surface area contributed by atoms with E-state index in [0.717, 1.165) is 4.90 Å². The first kappa shape index (κ1) is 21.5. The first-order valence-corrected chi connectivity index (χ1v) is 8.77. The summed E-state index contributed by atoms with van der Waals surface area (Å²) >= 11 is 0. The van der Waals surface area contributed by atoms with Gasteiger partial charge in [0.15, 0.2) is 6.61 Å². The number of hydrogen-bond donors (Lipinski definition) is 0. The first-order chi connectivity index (χ1) is 13.8. The minimum Gasteiger partial charge on any atom is -0.465 e. The van der Waals surface area contributed by atoms with Crippen LogP contribution in [0.1, 0.15) is 22.8 Å². The topological polar surface area (TPSA) is 116 Å². The quantitative estimate of drug-likeness (QED) is 0.380.